The quantitative estimate of drug-likeness (QED) is 0.848. The first kappa shape index (κ1) is 14.1. The Morgan fingerprint density at radius 3 is 2.60 bits per heavy atom. The maximum absolute atomic E-state index is 11.0. The molecule has 2 N–H and O–H groups in total. The van der Waals surface area contributed by atoms with Crippen LogP contribution in [0.15, 0.2) is 41.0 Å². The van der Waals surface area contributed by atoms with Crippen molar-refractivity contribution < 1.29 is 24.2 Å². The van der Waals surface area contributed by atoms with E-state index < -0.39 is 12.1 Å². The van der Waals surface area contributed by atoms with Crippen LogP contribution in [0.1, 0.15) is 41.1 Å². The van der Waals surface area contributed by atoms with E-state index >= 15 is 0 Å². The van der Waals surface area contributed by atoms with Gasteiger partial charge < -0.3 is 19.4 Å². The van der Waals surface area contributed by atoms with E-state index in [1.165, 1.54) is 12.3 Å². The number of carbonyl (C=O) groups is 1. The van der Waals surface area contributed by atoms with Gasteiger partial charge in [0.15, 0.2) is 5.76 Å². The Kier molecular flexibility index (Phi) is 4.42. The minimum absolute atomic E-state index is 0.0275. The molecular weight excluding hydrogens is 260 g/mol. The number of carboxylic acid groups (broad SMARTS) is 1. The first-order valence-corrected chi connectivity index (χ1v) is 6.35. The summed E-state index contributed by atoms with van der Waals surface area (Å²) in [5.41, 5.74) is 0.509. The van der Waals surface area contributed by atoms with Gasteiger partial charge in [0.2, 0.25) is 0 Å². The molecule has 1 aromatic heterocycles. The lowest BCUT2D eigenvalue weighted by Crippen LogP contribution is -2.05. The summed E-state index contributed by atoms with van der Waals surface area (Å²) in [4.78, 5) is 11.0. The van der Waals surface area contributed by atoms with Crippen LogP contribution >= 0.6 is 0 Å². The fourth-order valence-electron chi connectivity index (χ4n) is 1.83. The highest BCUT2D eigenvalue weighted by Gasteiger charge is 2.22. The molecule has 0 amide bonds. The minimum Gasteiger partial charge on any atom is -0.494 e. The number of aliphatic hydroxyl groups is 1. The summed E-state index contributed by atoms with van der Waals surface area (Å²) in [5, 5.41) is 19.2. The monoisotopic (exact) mass is 276 g/mol. The van der Waals surface area contributed by atoms with Crippen LogP contribution in [0.2, 0.25) is 0 Å². The molecule has 5 heteroatoms. The number of ether oxygens (including phenoxy) is 1. The SMILES string of the molecule is CCCOc1ccc(C(O)c2occc2C(=O)O)cc1. The molecule has 0 aliphatic heterocycles. The molecule has 106 valence electrons. The molecule has 0 spiro atoms. The van der Waals surface area contributed by atoms with Gasteiger partial charge in [-0.3, -0.25) is 0 Å². The van der Waals surface area contributed by atoms with Gasteiger partial charge in [-0.05, 0) is 30.2 Å². The summed E-state index contributed by atoms with van der Waals surface area (Å²) in [7, 11) is 0. The van der Waals surface area contributed by atoms with Crippen LogP contribution in [0.3, 0.4) is 0 Å². The van der Waals surface area contributed by atoms with Crippen molar-refractivity contribution >= 4 is 5.97 Å². The number of aliphatic hydroxyl groups excluding tert-OH is 1. The number of furan rings is 1. The molecule has 0 saturated heterocycles. The first-order valence-electron chi connectivity index (χ1n) is 6.35. The smallest absolute Gasteiger partial charge is 0.339 e. The number of hydrogen-bond acceptors (Lipinski definition) is 4. The average molecular weight is 276 g/mol. The lowest BCUT2D eigenvalue weighted by molar-refractivity contribution is 0.0687. The number of rotatable bonds is 6. The summed E-state index contributed by atoms with van der Waals surface area (Å²) in [6.07, 6.45) is 1.05. The van der Waals surface area contributed by atoms with Crippen molar-refractivity contribution in [2.45, 2.75) is 19.4 Å². The first-order chi connectivity index (χ1) is 9.63. The highest BCUT2D eigenvalue weighted by atomic mass is 16.5. The molecule has 1 heterocycles. The van der Waals surface area contributed by atoms with Crippen LogP contribution in [-0.2, 0) is 0 Å². The lowest BCUT2D eigenvalue weighted by atomic mass is 10.0. The Morgan fingerprint density at radius 2 is 2.00 bits per heavy atom. The third-order valence-corrected chi connectivity index (χ3v) is 2.84. The van der Waals surface area contributed by atoms with Gasteiger partial charge in [-0.1, -0.05) is 19.1 Å². The second-order valence-electron chi connectivity index (χ2n) is 4.32. The van der Waals surface area contributed by atoms with E-state index in [2.05, 4.69) is 0 Å². The predicted molar refractivity (Wildman–Crippen MR) is 72.0 cm³/mol. The highest BCUT2D eigenvalue weighted by Crippen LogP contribution is 2.27. The molecule has 0 aliphatic carbocycles. The van der Waals surface area contributed by atoms with Gasteiger partial charge >= 0.3 is 5.97 Å². The molecule has 2 aromatic rings. The van der Waals surface area contributed by atoms with Crippen molar-refractivity contribution in [2.75, 3.05) is 6.61 Å². The molecule has 20 heavy (non-hydrogen) atoms. The Hall–Kier alpha value is -2.27. The average Bonchev–Trinajstić information content (AvgIpc) is 2.94. The van der Waals surface area contributed by atoms with Crippen LogP contribution in [0.4, 0.5) is 0 Å². The van der Waals surface area contributed by atoms with E-state index in [0.717, 1.165) is 6.42 Å². The Balaban J connectivity index is 2.18. The van der Waals surface area contributed by atoms with Crippen molar-refractivity contribution in [1.29, 1.82) is 0 Å². The molecule has 0 radical (unpaired) electrons. The van der Waals surface area contributed by atoms with Gasteiger partial charge in [-0.2, -0.15) is 0 Å². The third kappa shape index (κ3) is 3.00. The van der Waals surface area contributed by atoms with Gasteiger partial charge in [-0.15, -0.1) is 0 Å². The number of benzene rings is 1. The number of aromatic carboxylic acids is 1. The van der Waals surface area contributed by atoms with Crippen LogP contribution < -0.4 is 4.74 Å². The third-order valence-electron chi connectivity index (χ3n) is 2.84. The summed E-state index contributed by atoms with van der Waals surface area (Å²) in [5.74, 6) is -0.392. The number of hydrogen-bond donors (Lipinski definition) is 2. The minimum atomic E-state index is -1.13. The summed E-state index contributed by atoms with van der Waals surface area (Å²) < 4.78 is 10.5. The van der Waals surface area contributed by atoms with E-state index in [1.807, 2.05) is 6.92 Å². The molecule has 0 bridgehead atoms. The van der Waals surface area contributed by atoms with Gasteiger partial charge in [0, 0.05) is 0 Å². The molecular formula is C15H16O5. The van der Waals surface area contributed by atoms with Gasteiger partial charge in [0.05, 0.1) is 12.9 Å². The maximum Gasteiger partial charge on any atom is 0.339 e. The molecule has 0 aliphatic rings. The molecule has 5 nitrogen and oxygen atoms in total. The second-order valence-corrected chi connectivity index (χ2v) is 4.32. The zero-order valence-electron chi connectivity index (χ0n) is 11.1. The Bertz CT molecular complexity index is 570. The molecule has 0 fully saturated rings. The Morgan fingerprint density at radius 1 is 1.30 bits per heavy atom. The van der Waals surface area contributed by atoms with E-state index in [1.54, 1.807) is 24.3 Å². The highest BCUT2D eigenvalue weighted by molar-refractivity contribution is 5.88. The van der Waals surface area contributed by atoms with E-state index in [-0.39, 0.29) is 11.3 Å². The topological polar surface area (TPSA) is 79.9 Å². The van der Waals surface area contributed by atoms with Gasteiger partial charge in [0.25, 0.3) is 0 Å². The fourth-order valence-corrected chi connectivity index (χ4v) is 1.83. The Labute approximate surface area is 116 Å². The van der Waals surface area contributed by atoms with Crippen molar-refractivity contribution in [2.24, 2.45) is 0 Å². The zero-order valence-corrected chi connectivity index (χ0v) is 11.1. The predicted octanol–water partition coefficient (Wildman–Crippen LogP) is 2.85. The van der Waals surface area contributed by atoms with Crippen molar-refractivity contribution in [1.82, 2.24) is 0 Å². The van der Waals surface area contributed by atoms with Gasteiger partial charge in [-0.25, -0.2) is 4.79 Å². The summed E-state index contributed by atoms with van der Waals surface area (Å²) >= 11 is 0. The second kappa shape index (κ2) is 6.25. The number of carboxylic acids is 1. The molecule has 0 saturated carbocycles. The van der Waals surface area contributed by atoms with Crippen LogP contribution in [-0.4, -0.2) is 22.8 Å². The molecule has 1 atom stereocenters. The van der Waals surface area contributed by atoms with Crippen molar-refractivity contribution in [3.63, 3.8) is 0 Å². The van der Waals surface area contributed by atoms with E-state index in [9.17, 15) is 9.90 Å². The van der Waals surface area contributed by atoms with Crippen LogP contribution in [0.25, 0.3) is 0 Å². The van der Waals surface area contributed by atoms with Crippen LogP contribution in [0, 0.1) is 0 Å². The standard InChI is InChI=1S/C15H16O5/c1-2-8-19-11-5-3-10(4-6-11)13(16)14-12(15(17)18)7-9-20-14/h3-7,9,13,16H,2,8H2,1H3,(H,17,18). The summed E-state index contributed by atoms with van der Waals surface area (Å²) in [6, 6.07) is 8.16. The maximum atomic E-state index is 11.0. The lowest BCUT2D eigenvalue weighted by Gasteiger charge is -2.11. The normalized spacial score (nSPS) is 12.1. The molecule has 1 aromatic carbocycles. The largest absolute Gasteiger partial charge is 0.494 e. The van der Waals surface area contributed by atoms with E-state index in [0.29, 0.717) is 17.9 Å². The van der Waals surface area contributed by atoms with Gasteiger partial charge in [0.1, 0.15) is 17.4 Å². The summed E-state index contributed by atoms with van der Waals surface area (Å²) in [6.45, 7) is 2.64. The van der Waals surface area contributed by atoms with Crippen molar-refractivity contribution in [3.05, 3.63) is 53.5 Å². The van der Waals surface area contributed by atoms with E-state index in [4.69, 9.17) is 14.3 Å². The van der Waals surface area contributed by atoms with Crippen LogP contribution in [0.5, 0.6) is 5.75 Å². The molecule has 2 rings (SSSR count). The molecule has 1 unspecified atom stereocenters. The zero-order chi connectivity index (χ0) is 14.5. The fraction of sp³-hybridized carbons (Fsp3) is 0.267. The van der Waals surface area contributed by atoms with Crippen molar-refractivity contribution in [3.8, 4) is 5.75 Å².